The maximum Gasteiger partial charge on any atom is 0.211 e. The maximum atomic E-state index is 11.2. The molecule has 1 aliphatic heterocycles. The van der Waals surface area contributed by atoms with Crippen molar-refractivity contribution in [1.29, 1.82) is 0 Å². The molecule has 12 heavy (non-hydrogen) atoms. The van der Waals surface area contributed by atoms with Gasteiger partial charge in [0.1, 0.15) is 0 Å². The first kappa shape index (κ1) is 10.3. The van der Waals surface area contributed by atoms with Gasteiger partial charge in [-0.1, -0.05) is 6.42 Å². The number of hydrogen-bond donors (Lipinski definition) is 1. The largest absolute Gasteiger partial charge is 0.213 e. The monoisotopic (exact) mass is 209 g/mol. The van der Waals surface area contributed by atoms with Crippen molar-refractivity contribution in [3.05, 3.63) is 0 Å². The molecule has 0 aromatic carbocycles. The standard InChI is InChI=1S/C7H15NO2S2/c1-12(9,10)8-5-3-2-4-7(11)6-8/h7,11H,2-6H2,1H3. The molecule has 0 amide bonds. The molecule has 0 aromatic rings. The van der Waals surface area contributed by atoms with Gasteiger partial charge in [0.25, 0.3) is 0 Å². The molecular formula is C7H15NO2S2. The fraction of sp³-hybridized carbons (Fsp3) is 1.00. The minimum absolute atomic E-state index is 0.210. The van der Waals surface area contributed by atoms with Gasteiger partial charge in [0.05, 0.1) is 6.26 Å². The van der Waals surface area contributed by atoms with Crippen molar-refractivity contribution in [2.45, 2.75) is 24.5 Å². The Hall–Kier alpha value is 0.260. The lowest BCUT2D eigenvalue weighted by Crippen LogP contribution is -2.34. The van der Waals surface area contributed by atoms with Gasteiger partial charge in [-0.25, -0.2) is 12.7 Å². The highest BCUT2D eigenvalue weighted by Crippen LogP contribution is 2.16. The summed E-state index contributed by atoms with van der Waals surface area (Å²) in [7, 11) is -3.00. The van der Waals surface area contributed by atoms with Crippen LogP contribution in [0.1, 0.15) is 19.3 Å². The zero-order valence-electron chi connectivity index (χ0n) is 7.23. The molecule has 1 rings (SSSR count). The van der Waals surface area contributed by atoms with Crippen LogP contribution in [-0.2, 0) is 10.0 Å². The van der Waals surface area contributed by atoms with Crippen LogP contribution >= 0.6 is 12.6 Å². The lowest BCUT2D eigenvalue weighted by Gasteiger charge is -2.18. The Morgan fingerprint density at radius 2 is 2.08 bits per heavy atom. The van der Waals surface area contributed by atoms with E-state index < -0.39 is 10.0 Å². The van der Waals surface area contributed by atoms with Crippen molar-refractivity contribution in [1.82, 2.24) is 4.31 Å². The number of thiol groups is 1. The van der Waals surface area contributed by atoms with Gasteiger partial charge in [-0.3, -0.25) is 0 Å². The smallest absolute Gasteiger partial charge is 0.211 e. The Balaban J connectivity index is 2.65. The molecule has 72 valence electrons. The van der Waals surface area contributed by atoms with Crippen LogP contribution in [0.25, 0.3) is 0 Å². The lowest BCUT2D eigenvalue weighted by molar-refractivity contribution is 0.431. The first-order valence-electron chi connectivity index (χ1n) is 4.13. The van der Waals surface area contributed by atoms with Gasteiger partial charge in [-0.2, -0.15) is 12.6 Å². The normalized spacial score (nSPS) is 28.3. The van der Waals surface area contributed by atoms with Gasteiger partial charge in [-0.05, 0) is 12.8 Å². The molecule has 0 aliphatic carbocycles. The van der Waals surface area contributed by atoms with Crippen LogP contribution in [0, 0.1) is 0 Å². The van der Waals surface area contributed by atoms with Crippen molar-refractivity contribution >= 4 is 22.7 Å². The van der Waals surface area contributed by atoms with E-state index in [1.165, 1.54) is 10.6 Å². The van der Waals surface area contributed by atoms with Crippen molar-refractivity contribution in [2.24, 2.45) is 0 Å². The van der Waals surface area contributed by atoms with Crippen LogP contribution in [0.5, 0.6) is 0 Å². The summed E-state index contributed by atoms with van der Waals surface area (Å²) in [6.45, 7) is 1.23. The third-order valence-corrected chi connectivity index (χ3v) is 3.77. The third-order valence-electron chi connectivity index (χ3n) is 2.08. The zero-order valence-corrected chi connectivity index (χ0v) is 8.94. The fourth-order valence-electron chi connectivity index (χ4n) is 1.39. The Morgan fingerprint density at radius 1 is 1.42 bits per heavy atom. The second-order valence-electron chi connectivity index (χ2n) is 3.27. The van der Waals surface area contributed by atoms with E-state index in [9.17, 15) is 8.42 Å². The Labute approximate surface area is 79.6 Å². The maximum absolute atomic E-state index is 11.2. The lowest BCUT2D eigenvalue weighted by atomic mass is 10.2. The molecule has 5 heteroatoms. The predicted octanol–water partition coefficient (Wildman–Crippen LogP) is 0.730. The molecule has 0 N–H and O–H groups in total. The van der Waals surface area contributed by atoms with Crippen molar-refractivity contribution in [3.63, 3.8) is 0 Å². The molecule has 1 atom stereocenters. The molecule has 0 spiro atoms. The fourth-order valence-corrected chi connectivity index (χ4v) is 2.79. The quantitative estimate of drug-likeness (QED) is 0.647. The molecule has 0 aromatic heterocycles. The van der Waals surface area contributed by atoms with E-state index in [1.54, 1.807) is 0 Å². The molecule has 1 heterocycles. The van der Waals surface area contributed by atoms with E-state index >= 15 is 0 Å². The summed E-state index contributed by atoms with van der Waals surface area (Å²) >= 11 is 4.32. The van der Waals surface area contributed by atoms with Gasteiger partial charge in [0.15, 0.2) is 0 Å². The minimum Gasteiger partial charge on any atom is -0.213 e. The first-order valence-corrected chi connectivity index (χ1v) is 6.50. The summed E-state index contributed by atoms with van der Waals surface area (Å²) in [4.78, 5) is 0. The highest BCUT2D eigenvalue weighted by atomic mass is 32.2. The molecular weight excluding hydrogens is 194 g/mol. The summed E-state index contributed by atoms with van der Waals surface area (Å²) in [6, 6.07) is 0. The van der Waals surface area contributed by atoms with E-state index in [4.69, 9.17) is 0 Å². The Kier molecular flexibility index (Phi) is 3.43. The van der Waals surface area contributed by atoms with Gasteiger partial charge < -0.3 is 0 Å². The molecule has 1 unspecified atom stereocenters. The second-order valence-corrected chi connectivity index (χ2v) is 5.98. The number of hydrogen-bond acceptors (Lipinski definition) is 3. The summed E-state index contributed by atoms with van der Waals surface area (Å²) in [5.41, 5.74) is 0. The van der Waals surface area contributed by atoms with Crippen LogP contribution in [0.15, 0.2) is 0 Å². The average Bonchev–Trinajstić information content (AvgIpc) is 2.11. The van der Waals surface area contributed by atoms with Gasteiger partial charge in [0, 0.05) is 18.3 Å². The third kappa shape index (κ3) is 2.95. The summed E-state index contributed by atoms with van der Waals surface area (Å²) < 4.78 is 23.9. The SMILES string of the molecule is CS(=O)(=O)N1CCCCC(S)C1. The number of rotatable bonds is 1. The highest BCUT2D eigenvalue weighted by molar-refractivity contribution is 7.88. The van der Waals surface area contributed by atoms with Gasteiger partial charge >= 0.3 is 0 Å². The van der Waals surface area contributed by atoms with Crippen molar-refractivity contribution < 1.29 is 8.42 Å². The van der Waals surface area contributed by atoms with Crippen molar-refractivity contribution in [2.75, 3.05) is 19.3 Å². The minimum atomic E-state index is -3.00. The van der Waals surface area contributed by atoms with Crippen LogP contribution in [0.4, 0.5) is 0 Å². The van der Waals surface area contributed by atoms with E-state index in [-0.39, 0.29) is 5.25 Å². The summed E-state index contributed by atoms with van der Waals surface area (Å²) in [5, 5.41) is 0.210. The molecule has 3 nitrogen and oxygen atoms in total. The van der Waals surface area contributed by atoms with Gasteiger partial charge in [-0.15, -0.1) is 0 Å². The molecule has 0 saturated carbocycles. The molecule has 1 fully saturated rings. The van der Waals surface area contributed by atoms with Crippen LogP contribution < -0.4 is 0 Å². The van der Waals surface area contributed by atoms with E-state index in [1.807, 2.05) is 0 Å². The Bertz CT molecular complexity index is 238. The summed E-state index contributed by atoms with van der Waals surface area (Å²) in [6.07, 6.45) is 4.33. The molecule has 1 aliphatic rings. The first-order chi connectivity index (χ1) is 5.50. The van der Waals surface area contributed by atoms with E-state index in [2.05, 4.69) is 12.6 Å². The average molecular weight is 209 g/mol. The number of nitrogens with zero attached hydrogens (tertiary/aromatic N) is 1. The zero-order chi connectivity index (χ0) is 9.19. The van der Waals surface area contributed by atoms with Gasteiger partial charge in [0.2, 0.25) is 10.0 Å². The van der Waals surface area contributed by atoms with Crippen LogP contribution in [0.3, 0.4) is 0 Å². The highest BCUT2D eigenvalue weighted by Gasteiger charge is 2.21. The number of sulfonamides is 1. The topological polar surface area (TPSA) is 37.4 Å². The van der Waals surface area contributed by atoms with Crippen LogP contribution in [-0.4, -0.2) is 37.3 Å². The van der Waals surface area contributed by atoms with E-state index in [0.717, 1.165) is 19.3 Å². The predicted molar refractivity (Wildman–Crippen MR) is 53.0 cm³/mol. The van der Waals surface area contributed by atoms with Crippen LogP contribution in [0.2, 0.25) is 0 Å². The molecule has 0 radical (unpaired) electrons. The Morgan fingerprint density at radius 3 is 2.67 bits per heavy atom. The second kappa shape index (κ2) is 3.98. The van der Waals surface area contributed by atoms with Crippen molar-refractivity contribution in [3.8, 4) is 0 Å². The van der Waals surface area contributed by atoms with E-state index in [0.29, 0.717) is 13.1 Å². The summed E-state index contributed by atoms with van der Waals surface area (Å²) in [5.74, 6) is 0. The molecule has 1 saturated heterocycles. The molecule has 0 bridgehead atoms.